The van der Waals surface area contributed by atoms with Crippen molar-refractivity contribution in [2.45, 2.75) is 48.8 Å². The van der Waals surface area contributed by atoms with Gasteiger partial charge in [-0.2, -0.15) is 8.42 Å². The van der Waals surface area contributed by atoms with E-state index >= 15 is 0 Å². The maximum atomic E-state index is 14.0. The summed E-state index contributed by atoms with van der Waals surface area (Å²) >= 11 is 0. The van der Waals surface area contributed by atoms with E-state index in [4.69, 9.17) is 0 Å². The first kappa shape index (κ1) is 29.9. The lowest BCUT2D eigenvalue weighted by Crippen LogP contribution is -2.42. The first-order valence-electron chi connectivity index (χ1n) is 13.3. The number of anilines is 2. The molecule has 43 heavy (non-hydrogen) atoms. The van der Waals surface area contributed by atoms with Crippen molar-refractivity contribution in [1.29, 1.82) is 0 Å². The number of benzene rings is 3. The molecule has 0 fully saturated rings. The third-order valence-electron chi connectivity index (χ3n) is 7.53. The molecule has 0 aromatic heterocycles. The van der Waals surface area contributed by atoms with E-state index in [1.54, 1.807) is 31.2 Å². The SMILES string of the molecule is CC(C)CCC1(C)C(=O)C(C2=NS(=O)(=O)c3cc(NS(=O)(=O)c4ccc([N+](=O)[O-])cc4)ccc3N2)=C(O)c2ccccc21. The van der Waals surface area contributed by atoms with Gasteiger partial charge in [-0.3, -0.25) is 19.6 Å². The average molecular weight is 625 g/mol. The monoisotopic (exact) mass is 624 g/mol. The van der Waals surface area contributed by atoms with Gasteiger partial charge >= 0.3 is 0 Å². The predicted molar refractivity (Wildman–Crippen MR) is 161 cm³/mol. The fraction of sp³-hybridized carbons (Fsp3) is 0.241. The molecule has 1 atom stereocenters. The van der Waals surface area contributed by atoms with Crippen molar-refractivity contribution in [3.05, 3.63) is 93.5 Å². The number of fused-ring (bicyclic) bond motifs is 2. The smallest absolute Gasteiger partial charge is 0.286 e. The van der Waals surface area contributed by atoms with Gasteiger partial charge in [-0.05, 0) is 61.6 Å². The maximum Gasteiger partial charge on any atom is 0.286 e. The third kappa shape index (κ3) is 5.39. The number of carbonyl (C=O) groups is 1. The summed E-state index contributed by atoms with van der Waals surface area (Å²) in [6.45, 7) is 5.85. The molecule has 1 aliphatic carbocycles. The number of Topliss-reactive ketones (excluding diaryl/α,β-unsaturated/α-hetero) is 1. The number of nitro benzene ring substituents is 1. The molecule has 3 N–H and O–H groups in total. The standard InChI is InChI=1S/C29H28N4O8S2/c1-17(2)14-15-29(3)22-7-5-4-6-21(22)26(34)25(27(29)35)28-30-23-13-8-18(16-24(23)43(40,41)32-28)31-42(38,39)20-11-9-19(10-12-20)33(36)37/h4-13,16-17,31,34H,14-15H2,1-3H3,(H,30,32). The van der Waals surface area contributed by atoms with Crippen LogP contribution < -0.4 is 10.0 Å². The van der Waals surface area contributed by atoms with Crippen LogP contribution in [0.3, 0.4) is 0 Å². The van der Waals surface area contributed by atoms with Crippen molar-refractivity contribution in [3.63, 3.8) is 0 Å². The van der Waals surface area contributed by atoms with Crippen molar-refractivity contribution in [1.82, 2.24) is 0 Å². The zero-order chi connectivity index (χ0) is 31.3. The third-order valence-corrected chi connectivity index (χ3v) is 10.2. The second kappa shape index (κ2) is 10.6. The minimum Gasteiger partial charge on any atom is -0.506 e. The van der Waals surface area contributed by atoms with Crippen LogP contribution in [0.25, 0.3) is 5.76 Å². The molecule has 3 aromatic rings. The molecule has 0 saturated heterocycles. The molecule has 12 nitrogen and oxygen atoms in total. The molecule has 3 aromatic carbocycles. The molecular formula is C29H28N4O8S2. The quantitative estimate of drug-likeness (QED) is 0.225. The summed E-state index contributed by atoms with van der Waals surface area (Å²) in [7, 11) is -8.69. The Balaban J connectivity index is 1.51. The molecule has 1 aliphatic heterocycles. The average Bonchev–Trinajstić information content (AvgIpc) is 2.95. The van der Waals surface area contributed by atoms with Crippen LogP contribution >= 0.6 is 0 Å². The van der Waals surface area contributed by atoms with Crippen LogP contribution in [-0.4, -0.2) is 38.5 Å². The normalized spacial score (nSPS) is 19.3. The van der Waals surface area contributed by atoms with Gasteiger partial charge < -0.3 is 10.4 Å². The summed E-state index contributed by atoms with van der Waals surface area (Å²) in [5, 5.41) is 25.0. The van der Waals surface area contributed by atoms with E-state index in [0.717, 1.165) is 30.3 Å². The zero-order valence-electron chi connectivity index (χ0n) is 23.4. The molecular weight excluding hydrogens is 596 g/mol. The molecule has 1 unspecified atom stereocenters. The van der Waals surface area contributed by atoms with E-state index < -0.39 is 36.2 Å². The molecule has 224 valence electrons. The number of aliphatic hydroxyl groups is 1. The molecule has 0 radical (unpaired) electrons. The Labute approximate surface area is 248 Å². The Kier molecular flexibility index (Phi) is 7.38. The van der Waals surface area contributed by atoms with Crippen molar-refractivity contribution >= 4 is 54.5 Å². The minimum absolute atomic E-state index is 0.0270. The van der Waals surface area contributed by atoms with Crippen LogP contribution in [0.5, 0.6) is 0 Å². The zero-order valence-corrected chi connectivity index (χ0v) is 25.0. The van der Waals surface area contributed by atoms with Crippen molar-refractivity contribution in [2.75, 3.05) is 10.0 Å². The molecule has 1 heterocycles. The van der Waals surface area contributed by atoms with Gasteiger partial charge in [0, 0.05) is 17.7 Å². The van der Waals surface area contributed by atoms with Gasteiger partial charge in [0.15, 0.2) is 11.6 Å². The highest BCUT2D eigenvalue weighted by atomic mass is 32.2. The van der Waals surface area contributed by atoms with E-state index in [-0.39, 0.29) is 44.0 Å². The van der Waals surface area contributed by atoms with Crippen molar-refractivity contribution < 1.29 is 31.7 Å². The summed E-state index contributed by atoms with van der Waals surface area (Å²) in [4.78, 5) is 23.6. The van der Waals surface area contributed by atoms with E-state index in [0.29, 0.717) is 29.9 Å². The lowest BCUT2D eigenvalue weighted by molar-refractivity contribution is -0.384. The van der Waals surface area contributed by atoms with Crippen LogP contribution in [-0.2, 0) is 30.3 Å². The second-order valence-corrected chi connectivity index (χ2v) is 14.2. The number of aliphatic hydroxyl groups excluding tert-OH is 1. The van der Waals surface area contributed by atoms with Crippen molar-refractivity contribution in [3.8, 4) is 0 Å². The number of hydrogen-bond donors (Lipinski definition) is 3. The minimum atomic E-state index is -4.47. The number of amidine groups is 1. The Morgan fingerprint density at radius 3 is 2.42 bits per heavy atom. The van der Waals surface area contributed by atoms with Gasteiger partial charge in [-0.25, -0.2) is 8.42 Å². The highest BCUT2D eigenvalue weighted by molar-refractivity contribution is 7.92. The highest BCUT2D eigenvalue weighted by Crippen LogP contribution is 2.44. The Bertz CT molecular complexity index is 1950. The largest absolute Gasteiger partial charge is 0.506 e. The summed E-state index contributed by atoms with van der Waals surface area (Å²) in [5.41, 5.74) is -0.608. The fourth-order valence-electron chi connectivity index (χ4n) is 5.15. The number of nitrogens with one attached hydrogen (secondary N) is 2. The molecule has 0 saturated carbocycles. The van der Waals surface area contributed by atoms with Gasteiger partial charge in [0.25, 0.3) is 25.7 Å². The first-order valence-corrected chi connectivity index (χ1v) is 16.2. The number of ketones is 1. The van der Waals surface area contributed by atoms with Crippen LogP contribution in [0.4, 0.5) is 17.1 Å². The Hall–Kier alpha value is -4.56. The Morgan fingerprint density at radius 1 is 1.09 bits per heavy atom. The number of hydrogen-bond acceptors (Lipinski definition) is 9. The molecule has 5 rings (SSSR count). The van der Waals surface area contributed by atoms with E-state index in [1.165, 1.54) is 12.1 Å². The van der Waals surface area contributed by atoms with E-state index in [2.05, 4.69) is 14.4 Å². The molecule has 2 aliphatic rings. The number of nitrogens with zero attached hydrogens (tertiary/aromatic N) is 2. The van der Waals surface area contributed by atoms with E-state index in [9.17, 15) is 36.9 Å². The Morgan fingerprint density at radius 2 is 1.77 bits per heavy atom. The molecule has 0 bridgehead atoms. The second-order valence-electron chi connectivity index (χ2n) is 11.0. The maximum absolute atomic E-state index is 14.0. The van der Waals surface area contributed by atoms with Crippen LogP contribution in [0, 0.1) is 16.0 Å². The summed E-state index contributed by atoms with van der Waals surface area (Å²) in [6.07, 6.45) is 1.18. The van der Waals surface area contributed by atoms with Crippen LogP contribution in [0.1, 0.15) is 44.7 Å². The van der Waals surface area contributed by atoms with E-state index in [1.807, 2.05) is 13.8 Å². The topological polar surface area (TPSA) is 185 Å². The molecule has 0 amide bonds. The number of nitro groups is 1. The lowest BCUT2D eigenvalue weighted by Gasteiger charge is -2.36. The highest BCUT2D eigenvalue weighted by Gasteiger charge is 2.46. The van der Waals surface area contributed by atoms with Gasteiger partial charge in [-0.15, -0.1) is 4.40 Å². The summed E-state index contributed by atoms with van der Waals surface area (Å²) < 4.78 is 58.5. The molecule has 0 spiro atoms. The van der Waals surface area contributed by atoms with Crippen molar-refractivity contribution in [2.24, 2.45) is 10.3 Å². The van der Waals surface area contributed by atoms with Gasteiger partial charge in [0.05, 0.1) is 26.6 Å². The predicted octanol–water partition coefficient (Wildman–Crippen LogP) is 5.15. The van der Waals surface area contributed by atoms with Gasteiger partial charge in [0.1, 0.15) is 16.2 Å². The summed E-state index contributed by atoms with van der Waals surface area (Å²) in [6, 6.07) is 14.8. The number of sulfonamides is 2. The fourth-order valence-corrected chi connectivity index (χ4v) is 7.35. The summed E-state index contributed by atoms with van der Waals surface area (Å²) in [5.74, 6) is -0.898. The molecule has 14 heteroatoms. The van der Waals surface area contributed by atoms with Gasteiger partial charge in [0.2, 0.25) is 0 Å². The van der Waals surface area contributed by atoms with Crippen LogP contribution in [0.2, 0.25) is 0 Å². The number of rotatable bonds is 8. The first-order chi connectivity index (χ1) is 20.1. The van der Waals surface area contributed by atoms with Gasteiger partial charge in [-0.1, -0.05) is 38.1 Å². The lowest BCUT2D eigenvalue weighted by atomic mass is 9.66. The number of carbonyl (C=O) groups excluding carboxylic acids is 1. The van der Waals surface area contributed by atoms with Crippen LogP contribution in [0.15, 0.2) is 86.5 Å². The number of non-ortho nitro benzene ring substituents is 1.